The van der Waals surface area contributed by atoms with Gasteiger partial charge in [0.25, 0.3) is 0 Å². The molecule has 2 unspecified atom stereocenters. The third kappa shape index (κ3) is 4.52. The number of aromatic nitrogens is 2. The maximum Gasteiger partial charge on any atom is 0.174 e. The molecule has 38 heavy (non-hydrogen) atoms. The predicted molar refractivity (Wildman–Crippen MR) is 154 cm³/mol. The average molecular weight is 525 g/mol. The van der Waals surface area contributed by atoms with Gasteiger partial charge in [0.15, 0.2) is 5.11 Å². The Morgan fingerprint density at radius 3 is 2.34 bits per heavy atom. The maximum absolute atomic E-state index is 9.82. The lowest BCUT2D eigenvalue weighted by molar-refractivity contribution is 0.210. The van der Waals surface area contributed by atoms with Crippen molar-refractivity contribution in [2.24, 2.45) is 0 Å². The van der Waals surface area contributed by atoms with E-state index >= 15 is 0 Å². The highest BCUT2D eigenvalue weighted by Crippen LogP contribution is 2.44. The van der Waals surface area contributed by atoms with Gasteiger partial charge in [0.05, 0.1) is 23.9 Å². The molecule has 4 aromatic rings. The van der Waals surface area contributed by atoms with E-state index in [4.69, 9.17) is 21.9 Å². The first-order valence-electron chi connectivity index (χ1n) is 13.3. The number of pyridine rings is 1. The van der Waals surface area contributed by atoms with Crippen LogP contribution in [0.3, 0.4) is 0 Å². The van der Waals surface area contributed by atoms with Gasteiger partial charge < -0.3 is 24.6 Å². The van der Waals surface area contributed by atoms with Crippen LogP contribution in [-0.2, 0) is 0 Å². The van der Waals surface area contributed by atoms with Crippen LogP contribution in [0.5, 0.6) is 11.5 Å². The first kappa shape index (κ1) is 24.5. The Morgan fingerprint density at radius 1 is 0.947 bits per heavy atom. The molecule has 7 heteroatoms. The molecule has 2 fully saturated rings. The zero-order valence-electron chi connectivity index (χ0n) is 21.7. The minimum atomic E-state index is -0.119. The third-order valence-electron chi connectivity index (χ3n) is 7.71. The normalized spacial score (nSPS) is 19.6. The zero-order chi connectivity index (χ0) is 26.2. The molecule has 0 spiro atoms. The summed E-state index contributed by atoms with van der Waals surface area (Å²) < 4.78 is 8.44. The van der Waals surface area contributed by atoms with Gasteiger partial charge in [0, 0.05) is 29.0 Å². The van der Waals surface area contributed by atoms with Crippen molar-refractivity contribution < 1.29 is 9.84 Å². The molecule has 0 amide bonds. The fraction of sp³-hybridized carbons (Fsp3) is 0.290. The second-order valence-electron chi connectivity index (χ2n) is 10.2. The fourth-order valence-corrected chi connectivity index (χ4v) is 6.26. The van der Waals surface area contributed by atoms with Gasteiger partial charge in [-0.3, -0.25) is 4.98 Å². The molecule has 1 aliphatic carbocycles. The van der Waals surface area contributed by atoms with Gasteiger partial charge in [0.1, 0.15) is 11.5 Å². The van der Waals surface area contributed by atoms with E-state index in [1.54, 1.807) is 12.1 Å². The molecular weight excluding hydrogens is 492 g/mol. The van der Waals surface area contributed by atoms with Crippen LogP contribution in [0.4, 0.5) is 5.69 Å². The number of nitrogens with zero attached hydrogens (tertiary/aromatic N) is 3. The molecule has 0 bridgehead atoms. The SMILES string of the molecule is Cc1cc(C2C(c3ccccn3)NC(=S)N2c2ccc(OC3CCCC3)cc2)c(C)n1-c1ccc(O)cc1. The van der Waals surface area contributed by atoms with Crippen LogP contribution in [0.1, 0.15) is 60.4 Å². The molecule has 2 N–H and O–H groups in total. The van der Waals surface area contributed by atoms with Gasteiger partial charge >= 0.3 is 0 Å². The lowest BCUT2D eigenvalue weighted by Crippen LogP contribution is -2.29. The van der Waals surface area contributed by atoms with Crippen molar-refractivity contribution in [1.82, 2.24) is 14.9 Å². The van der Waals surface area contributed by atoms with Crippen molar-refractivity contribution in [2.45, 2.75) is 57.7 Å². The molecule has 1 saturated heterocycles. The number of ether oxygens (including phenoxy) is 1. The van der Waals surface area contributed by atoms with Crippen LogP contribution >= 0.6 is 12.2 Å². The van der Waals surface area contributed by atoms with E-state index in [0.717, 1.165) is 47.0 Å². The number of benzene rings is 2. The number of rotatable bonds is 6. The number of hydrogen-bond acceptors (Lipinski definition) is 4. The van der Waals surface area contributed by atoms with Crippen molar-refractivity contribution in [3.05, 3.63) is 102 Å². The fourth-order valence-electron chi connectivity index (χ4n) is 5.92. The number of aromatic hydroxyl groups is 1. The minimum absolute atomic E-state index is 0.101. The first-order valence-corrected chi connectivity index (χ1v) is 13.7. The third-order valence-corrected chi connectivity index (χ3v) is 8.03. The molecule has 194 valence electrons. The van der Waals surface area contributed by atoms with Gasteiger partial charge in [-0.05, 0) is 124 Å². The van der Waals surface area contributed by atoms with Gasteiger partial charge in [-0.15, -0.1) is 0 Å². The summed E-state index contributed by atoms with van der Waals surface area (Å²) in [7, 11) is 0. The number of hydrogen-bond donors (Lipinski definition) is 2. The van der Waals surface area contributed by atoms with Gasteiger partial charge in [-0.2, -0.15) is 0 Å². The van der Waals surface area contributed by atoms with E-state index in [2.05, 4.69) is 65.0 Å². The summed E-state index contributed by atoms with van der Waals surface area (Å²) in [5, 5.41) is 14.1. The Kier molecular flexibility index (Phi) is 6.54. The van der Waals surface area contributed by atoms with Gasteiger partial charge in [-0.25, -0.2) is 0 Å². The molecular formula is C31H32N4O2S. The van der Waals surface area contributed by atoms with E-state index in [1.165, 1.54) is 18.4 Å². The van der Waals surface area contributed by atoms with Crippen LogP contribution in [-0.4, -0.2) is 25.9 Å². The molecule has 3 heterocycles. The summed E-state index contributed by atoms with van der Waals surface area (Å²) in [5.41, 5.74) is 6.37. The molecule has 1 aliphatic heterocycles. The Balaban J connectivity index is 1.41. The summed E-state index contributed by atoms with van der Waals surface area (Å²) in [6.07, 6.45) is 6.90. The van der Waals surface area contributed by atoms with Crippen molar-refractivity contribution in [2.75, 3.05) is 4.90 Å². The summed E-state index contributed by atoms with van der Waals surface area (Å²) in [5.74, 6) is 1.16. The Labute approximate surface area is 228 Å². The molecule has 2 atom stereocenters. The van der Waals surface area contributed by atoms with E-state index < -0.39 is 0 Å². The zero-order valence-corrected chi connectivity index (χ0v) is 22.5. The molecule has 2 aromatic heterocycles. The summed E-state index contributed by atoms with van der Waals surface area (Å²) in [6.45, 7) is 4.25. The smallest absolute Gasteiger partial charge is 0.174 e. The number of phenols is 1. The van der Waals surface area contributed by atoms with Crippen LogP contribution in [0.15, 0.2) is 79.0 Å². The summed E-state index contributed by atoms with van der Waals surface area (Å²) in [6, 6.07) is 23.7. The van der Waals surface area contributed by atoms with E-state index in [-0.39, 0.29) is 17.8 Å². The summed E-state index contributed by atoms with van der Waals surface area (Å²) in [4.78, 5) is 6.90. The molecule has 2 aromatic carbocycles. The second kappa shape index (κ2) is 10.1. The second-order valence-corrected chi connectivity index (χ2v) is 10.6. The summed E-state index contributed by atoms with van der Waals surface area (Å²) >= 11 is 5.94. The lowest BCUT2D eigenvalue weighted by atomic mass is 9.96. The van der Waals surface area contributed by atoms with Crippen LogP contribution < -0.4 is 15.0 Å². The topological polar surface area (TPSA) is 62.5 Å². The number of aryl methyl sites for hydroxylation is 1. The predicted octanol–water partition coefficient (Wildman–Crippen LogP) is 6.69. The van der Waals surface area contributed by atoms with Crippen molar-refractivity contribution in [3.63, 3.8) is 0 Å². The van der Waals surface area contributed by atoms with Gasteiger partial charge in [0.2, 0.25) is 0 Å². The number of nitrogens with one attached hydrogen (secondary N) is 1. The number of phenolic OH excluding ortho intramolecular Hbond substituents is 1. The highest BCUT2D eigenvalue weighted by atomic mass is 32.1. The van der Waals surface area contributed by atoms with Gasteiger partial charge in [-0.1, -0.05) is 6.07 Å². The van der Waals surface area contributed by atoms with E-state index in [0.29, 0.717) is 11.2 Å². The van der Waals surface area contributed by atoms with E-state index in [9.17, 15) is 5.11 Å². The molecule has 2 aliphatic rings. The quantitative estimate of drug-likeness (QED) is 0.274. The highest BCUT2D eigenvalue weighted by molar-refractivity contribution is 7.80. The Morgan fingerprint density at radius 2 is 1.66 bits per heavy atom. The van der Waals surface area contributed by atoms with Crippen molar-refractivity contribution in [1.29, 1.82) is 0 Å². The van der Waals surface area contributed by atoms with Crippen LogP contribution in [0.25, 0.3) is 5.69 Å². The number of thiocarbonyl (C=S) groups is 1. The average Bonchev–Trinajstić information content (AvgIpc) is 3.64. The number of anilines is 1. The first-order chi connectivity index (χ1) is 18.5. The maximum atomic E-state index is 9.82. The molecule has 0 radical (unpaired) electrons. The largest absolute Gasteiger partial charge is 0.508 e. The minimum Gasteiger partial charge on any atom is -0.508 e. The van der Waals surface area contributed by atoms with Crippen LogP contribution in [0.2, 0.25) is 0 Å². The van der Waals surface area contributed by atoms with E-state index in [1.807, 2.05) is 30.5 Å². The Hall–Kier alpha value is -3.84. The monoisotopic (exact) mass is 524 g/mol. The van der Waals surface area contributed by atoms with Crippen molar-refractivity contribution in [3.8, 4) is 17.2 Å². The highest BCUT2D eigenvalue weighted by Gasteiger charge is 2.42. The molecule has 1 saturated carbocycles. The van der Waals surface area contributed by atoms with Crippen LogP contribution in [0, 0.1) is 13.8 Å². The molecule has 6 rings (SSSR count). The Bertz CT molecular complexity index is 1430. The standard InChI is InChI=1S/C31H32N4O2S/c1-20-19-27(21(2)34(20)22-10-14-24(36)15-11-22)30-29(28-9-5-6-18-32-28)33-31(38)35(30)23-12-16-26(17-13-23)37-25-7-3-4-8-25/h5-6,9-19,25,29-30,36H,3-4,7-8H2,1-2H3,(H,33,38). The van der Waals surface area contributed by atoms with Crippen molar-refractivity contribution >= 4 is 23.0 Å². The lowest BCUT2D eigenvalue weighted by Gasteiger charge is -2.28. The molecule has 6 nitrogen and oxygen atoms in total.